The van der Waals surface area contributed by atoms with E-state index in [4.69, 9.17) is 10.2 Å². The van der Waals surface area contributed by atoms with Gasteiger partial charge in [-0.2, -0.15) is 10.2 Å². The van der Waals surface area contributed by atoms with E-state index in [0.29, 0.717) is 90.8 Å². The molecule has 0 amide bonds. The lowest BCUT2D eigenvalue weighted by Gasteiger charge is -2.13. The van der Waals surface area contributed by atoms with Crippen molar-refractivity contribution in [2.24, 2.45) is 11.8 Å². The van der Waals surface area contributed by atoms with E-state index in [-0.39, 0.29) is 41.4 Å². The number of carbonyl (C=O) groups is 2. The molecule has 4 aromatic carbocycles. The molecule has 0 radical (unpaired) electrons. The van der Waals surface area contributed by atoms with Crippen LogP contribution in [0.2, 0.25) is 0 Å². The van der Waals surface area contributed by atoms with Crippen molar-refractivity contribution in [3.05, 3.63) is 186 Å². The number of thiazole rings is 2. The van der Waals surface area contributed by atoms with Crippen LogP contribution >= 0.6 is 45.3 Å². The second-order valence-corrected chi connectivity index (χ2v) is 25.8. The topological polar surface area (TPSA) is 240 Å². The zero-order valence-electron chi connectivity index (χ0n) is 44.2. The third-order valence-corrected chi connectivity index (χ3v) is 18.5. The Morgan fingerprint density at radius 2 is 1.10 bits per heavy atom. The molecule has 84 heavy (non-hydrogen) atoms. The molecular weight excluding hydrogens is 1210 g/mol. The van der Waals surface area contributed by atoms with Gasteiger partial charge in [-0.15, -0.1) is 45.3 Å². The number of carboxylic acid groups (broad SMARTS) is 2. The van der Waals surface area contributed by atoms with E-state index in [0.717, 1.165) is 91.4 Å². The lowest BCUT2D eigenvalue weighted by molar-refractivity contribution is 0.0680. The molecule has 26 heteroatoms. The van der Waals surface area contributed by atoms with Crippen LogP contribution in [0.25, 0.3) is 53.7 Å². The summed E-state index contributed by atoms with van der Waals surface area (Å²) in [6.45, 7) is 3.89. The van der Waals surface area contributed by atoms with Gasteiger partial charge in [-0.25, -0.2) is 46.5 Å². The Hall–Kier alpha value is -7.56. The standard InChI is InChI=1S/2C29H24F2N4O4S3/c1-15-2-9-26(41-15)20-12-18(6-8-22(20)30)27-21(11-17-5-7-19(13-23(17)31)34-42(38)39)25(10-16-3-4-16)35(33-27)29-32-24(14-40-29)28(36)37;1-15-2-9-26(41-15)20-12-18(6-8-22(20)30)27-21(11-17-5-7-19(13-23(17)31)34-42(38)39)24(10-16-3-4-16)33-35(27)29-32-25(14-40-29)28(36)37/h2*2,5-9,12-14,16,34H,3-4,10-11H2,1H3,(H,36,37)(H,38,39)/p-2. The molecule has 2 saturated carbocycles. The van der Waals surface area contributed by atoms with Crippen LogP contribution in [0.1, 0.15) is 90.1 Å². The number of nitrogens with zero attached hydrogens (tertiary/aromatic N) is 6. The molecule has 6 heterocycles. The van der Waals surface area contributed by atoms with Crippen LogP contribution in [-0.2, 0) is 48.2 Å². The molecule has 2 aliphatic carbocycles. The van der Waals surface area contributed by atoms with Gasteiger partial charge in [0.25, 0.3) is 0 Å². The Bertz CT molecular complexity index is 4150. The first-order chi connectivity index (χ1) is 40.3. The minimum absolute atomic E-state index is 0.0945. The summed E-state index contributed by atoms with van der Waals surface area (Å²) in [5.41, 5.74) is 6.66. The van der Waals surface area contributed by atoms with E-state index in [1.165, 1.54) is 69.8 Å². The van der Waals surface area contributed by atoms with Crippen LogP contribution in [0.3, 0.4) is 0 Å². The maximum absolute atomic E-state index is 15.3. The van der Waals surface area contributed by atoms with Gasteiger partial charge in [0, 0.05) is 110 Å². The fourth-order valence-electron chi connectivity index (χ4n) is 9.62. The van der Waals surface area contributed by atoms with Crippen LogP contribution in [0, 0.1) is 49.0 Å². The van der Waals surface area contributed by atoms with Crippen molar-refractivity contribution in [2.75, 3.05) is 9.44 Å². The molecule has 2 aliphatic rings. The van der Waals surface area contributed by atoms with Gasteiger partial charge in [0.05, 0.1) is 22.8 Å². The maximum Gasteiger partial charge on any atom is 0.355 e. The molecule has 12 rings (SSSR count). The van der Waals surface area contributed by atoms with Crippen LogP contribution in [0.15, 0.2) is 108 Å². The molecule has 6 aromatic heterocycles. The number of nitrogens with one attached hydrogen (secondary N) is 2. The lowest BCUT2D eigenvalue weighted by Crippen LogP contribution is -2.07. The molecule has 16 nitrogen and oxygen atoms in total. The average molecular weight is 1250 g/mol. The van der Waals surface area contributed by atoms with Gasteiger partial charge in [0.2, 0.25) is 10.3 Å². The van der Waals surface area contributed by atoms with E-state index in [1.54, 1.807) is 33.6 Å². The quantitative estimate of drug-likeness (QED) is 0.0412. The van der Waals surface area contributed by atoms with Crippen molar-refractivity contribution in [3.8, 4) is 53.7 Å². The first-order valence-electron chi connectivity index (χ1n) is 25.9. The van der Waals surface area contributed by atoms with Gasteiger partial charge in [-0.3, -0.25) is 8.42 Å². The number of hydrogen-bond donors (Lipinski definition) is 4. The summed E-state index contributed by atoms with van der Waals surface area (Å²) in [4.78, 5) is 35.4. The highest BCUT2D eigenvalue weighted by molar-refractivity contribution is 7.80. The molecule has 2 fully saturated rings. The highest BCUT2D eigenvalue weighted by atomic mass is 32.2. The molecule has 0 spiro atoms. The molecule has 2 unspecified atom stereocenters. The first kappa shape index (κ1) is 58.2. The highest BCUT2D eigenvalue weighted by Crippen LogP contribution is 2.43. The van der Waals surface area contributed by atoms with Gasteiger partial charge in [-0.05, 0) is 160 Å². The molecule has 0 bridgehead atoms. The Kier molecular flexibility index (Phi) is 17.0. The summed E-state index contributed by atoms with van der Waals surface area (Å²) >= 11 is 0.000361. The highest BCUT2D eigenvalue weighted by Gasteiger charge is 2.32. The molecule has 0 aliphatic heterocycles. The minimum atomic E-state index is -2.60. The summed E-state index contributed by atoms with van der Waals surface area (Å²) in [6, 6.07) is 25.3. The van der Waals surface area contributed by atoms with E-state index in [9.17, 15) is 37.3 Å². The van der Waals surface area contributed by atoms with Crippen molar-refractivity contribution in [1.82, 2.24) is 29.5 Å². The van der Waals surface area contributed by atoms with Crippen molar-refractivity contribution in [1.29, 1.82) is 0 Å². The SMILES string of the molecule is Cc1ccc(-c2cc(-c3c(Cc4ccc(NS(=O)[O-])cc4F)c(CC4CC4)nn3-c3nc(C(=O)O)cs3)ccc2F)s1.Cc1ccc(-c2cc(-c3nn(-c4nc(C(=O)O)cs4)c(CC4CC4)c3Cc3ccc(NS(=O)[O-])cc3F)ccc2F)s1. The second-order valence-electron chi connectivity index (χ2n) is 20.2. The molecule has 432 valence electrons. The van der Waals surface area contributed by atoms with Gasteiger partial charge in [0.15, 0.2) is 11.4 Å². The number of carboxylic acids is 2. The van der Waals surface area contributed by atoms with Crippen LogP contribution in [0.4, 0.5) is 28.9 Å². The molecule has 10 aromatic rings. The maximum atomic E-state index is 15.3. The van der Waals surface area contributed by atoms with E-state index >= 15 is 17.6 Å². The predicted octanol–water partition coefficient (Wildman–Crippen LogP) is 13.5. The number of anilines is 2. The number of rotatable bonds is 20. The minimum Gasteiger partial charge on any atom is -0.755 e. The van der Waals surface area contributed by atoms with Gasteiger partial charge in [0.1, 0.15) is 23.3 Å². The van der Waals surface area contributed by atoms with Crippen molar-refractivity contribution < 1.29 is 54.9 Å². The monoisotopic (exact) mass is 1250 g/mol. The third-order valence-electron chi connectivity index (χ3n) is 14.0. The number of aromatic nitrogens is 6. The number of hydrogen-bond acceptors (Lipinski definition) is 14. The van der Waals surface area contributed by atoms with Crippen molar-refractivity contribution in [2.45, 2.75) is 65.2 Å². The summed E-state index contributed by atoms with van der Waals surface area (Å²) < 4.78 is 112. The summed E-state index contributed by atoms with van der Waals surface area (Å²) in [7, 11) is 0. The number of benzene rings is 4. The van der Waals surface area contributed by atoms with Crippen molar-refractivity contribution in [3.63, 3.8) is 0 Å². The smallest absolute Gasteiger partial charge is 0.355 e. The number of halogens is 4. The normalized spacial score (nSPS) is 13.8. The fraction of sp³-hybridized carbons (Fsp3) is 0.207. The second kappa shape index (κ2) is 24.6. The fourth-order valence-corrected chi connectivity index (χ4v) is 13.6. The molecular formula is C58H46F4N8O8S6-2. The third kappa shape index (κ3) is 13.2. The number of thiophene rings is 2. The van der Waals surface area contributed by atoms with Crippen LogP contribution < -0.4 is 9.44 Å². The van der Waals surface area contributed by atoms with E-state index in [2.05, 4.69) is 19.4 Å². The molecule has 4 N–H and O–H groups in total. The number of aryl methyl sites for hydroxylation is 2. The Labute approximate surface area is 498 Å². The summed E-state index contributed by atoms with van der Waals surface area (Å²) in [6.07, 6.45) is 5.64. The largest absolute Gasteiger partial charge is 0.755 e. The van der Waals surface area contributed by atoms with Gasteiger partial charge >= 0.3 is 11.9 Å². The van der Waals surface area contributed by atoms with Crippen molar-refractivity contribution >= 4 is 91.2 Å². The van der Waals surface area contributed by atoms with Crippen LogP contribution in [-0.4, -0.2) is 69.2 Å². The predicted molar refractivity (Wildman–Crippen MR) is 316 cm³/mol. The zero-order chi connectivity index (χ0) is 59.1. The Morgan fingerprint density at radius 1 is 0.607 bits per heavy atom. The zero-order valence-corrected chi connectivity index (χ0v) is 49.1. The lowest BCUT2D eigenvalue weighted by atomic mass is 9.95. The average Bonchev–Trinajstić information content (AvgIpc) is 3.20. The Morgan fingerprint density at radius 3 is 1.56 bits per heavy atom. The first-order valence-corrected chi connectivity index (χ1v) is 31.5. The molecule has 2 atom stereocenters. The number of aromatic carboxylic acids is 2. The van der Waals surface area contributed by atoms with Gasteiger partial charge in [-0.1, -0.05) is 12.1 Å². The molecule has 0 saturated heterocycles. The van der Waals surface area contributed by atoms with E-state index in [1.807, 2.05) is 38.1 Å². The van der Waals surface area contributed by atoms with Gasteiger partial charge < -0.3 is 28.8 Å². The summed E-state index contributed by atoms with van der Waals surface area (Å²) in [5, 5.41) is 32.3. The van der Waals surface area contributed by atoms with E-state index < -0.39 is 51.9 Å². The Balaban J connectivity index is 0.000000175. The van der Waals surface area contributed by atoms with Crippen LogP contribution in [0.5, 0.6) is 0 Å². The summed E-state index contributed by atoms with van der Waals surface area (Å²) in [5.74, 6) is -3.47.